The Bertz CT molecular complexity index is 622. The van der Waals surface area contributed by atoms with Crippen molar-refractivity contribution in [3.63, 3.8) is 0 Å². The molecule has 0 aliphatic carbocycles. The first kappa shape index (κ1) is 10.7. The van der Waals surface area contributed by atoms with Gasteiger partial charge in [-0.1, -0.05) is 6.92 Å². The summed E-state index contributed by atoms with van der Waals surface area (Å²) in [5.41, 5.74) is 1.36. The second-order valence-corrected chi connectivity index (χ2v) is 5.39. The summed E-state index contributed by atoms with van der Waals surface area (Å²) in [6.07, 6.45) is 1.72. The molecule has 2 unspecified atom stereocenters. The van der Waals surface area contributed by atoms with Gasteiger partial charge in [0.05, 0.1) is 5.52 Å². The number of halogens is 1. The second-order valence-electron chi connectivity index (χ2n) is 4.20. The molecule has 2 atom stereocenters. The molecule has 0 saturated heterocycles. The zero-order chi connectivity index (χ0) is 12.2. The number of H-pyrrole nitrogens is 1. The lowest BCUT2D eigenvalue weighted by molar-refractivity contribution is -0.136. The molecule has 0 fully saturated rings. The molecule has 1 aromatic carbocycles. The predicted molar refractivity (Wildman–Crippen MR) is 64.0 cm³/mol. The van der Waals surface area contributed by atoms with Gasteiger partial charge in [-0.05, 0) is 17.7 Å². The van der Waals surface area contributed by atoms with Gasteiger partial charge in [0.25, 0.3) is 0 Å². The Morgan fingerprint density at radius 2 is 2.29 bits per heavy atom. The molecule has 88 valence electrons. The highest BCUT2D eigenvalue weighted by atomic mass is 32.2. The van der Waals surface area contributed by atoms with Crippen molar-refractivity contribution in [2.75, 3.05) is 0 Å². The van der Waals surface area contributed by atoms with E-state index in [0.29, 0.717) is 5.52 Å². The number of aromatic nitrogens is 1. The Morgan fingerprint density at radius 3 is 3.00 bits per heavy atom. The van der Waals surface area contributed by atoms with Crippen LogP contribution in [-0.2, 0) is 4.79 Å². The van der Waals surface area contributed by atoms with Gasteiger partial charge in [0.1, 0.15) is 11.1 Å². The molecule has 0 saturated carbocycles. The number of hydrogen-bond donors (Lipinski definition) is 2. The van der Waals surface area contributed by atoms with Gasteiger partial charge in [-0.15, -0.1) is 11.8 Å². The van der Waals surface area contributed by atoms with Gasteiger partial charge in [0.2, 0.25) is 0 Å². The van der Waals surface area contributed by atoms with Crippen molar-refractivity contribution in [1.29, 1.82) is 0 Å². The van der Waals surface area contributed by atoms with E-state index in [2.05, 4.69) is 4.98 Å². The fourth-order valence-electron chi connectivity index (χ4n) is 2.33. The van der Waals surface area contributed by atoms with Gasteiger partial charge in [-0.3, -0.25) is 4.79 Å². The van der Waals surface area contributed by atoms with Crippen molar-refractivity contribution in [1.82, 2.24) is 4.98 Å². The quantitative estimate of drug-likeness (QED) is 0.819. The highest BCUT2D eigenvalue weighted by molar-refractivity contribution is 8.01. The lowest BCUT2D eigenvalue weighted by Crippen LogP contribution is -2.25. The van der Waals surface area contributed by atoms with Crippen LogP contribution >= 0.6 is 11.8 Å². The summed E-state index contributed by atoms with van der Waals surface area (Å²) in [6, 6.07) is 3.03. The summed E-state index contributed by atoms with van der Waals surface area (Å²) >= 11 is 1.29. The lowest BCUT2D eigenvalue weighted by Gasteiger charge is -2.25. The van der Waals surface area contributed by atoms with Crippen LogP contribution in [0.2, 0.25) is 0 Å². The number of aliphatic carboxylic acids is 1. The highest BCUT2D eigenvalue weighted by Gasteiger charge is 2.34. The molecule has 3 nitrogen and oxygen atoms in total. The third-order valence-electron chi connectivity index (χ3n) is 3.22. The molecular weight excluding hydrogens is 241 g/mol. The van der Waals surface area contributed by atoms with Gasteiger partial charge in [-0.2, -0.15) is 0 Å². The average molecular weight is 251 g/mol. The molecule has 0 spiro atoms. The Hall–Kier alpha value is -1.49. The second kappa shape index (κ2) is 3.50. The van der Waals surface area contributed by atoms with Gasteiger partial charge in [0, 0.05) is 22.4 Å². The smallest absolute Gasteiger partial charge is 0.317 e. The van der Waals surface area contributed by atoms with E-state index in [0.717, 1.165) is 15.8 Å². The Balaban J connectivity index is 2.27. The Labute approximate surface area is 101 Å². The number of carbonyl (C=O) groups is 1. The summed E-state index contributed by atoms with van der Waals surface area (Å²) in [5, 5.41) is 9.50. The summed E-state index contributed by atoms with van der Waals surface area (Å²) in [4.78, 5) is 14.9. The number of carboxylic acids is 1. The van der Waals surface area contributed by atoms with Crippen LogP contribution in [0.25, 0.3) is 10.9 Å². The highest BCUT2D eigenvalue weighted by Crippen LogP contribution is 2.46. The van der Waals surface area contributed by atoms with Gasteiger partial charge in [0.15, 0.2) is 0 Å². The topological polar surface area (TPSA) is 53.1 Å². The van der Waals surface area contributed by atoms with Crippen LogP contribution in [0.3, 0.4) is 0 Å². The SMILES string of the molecule is CC1c2c[nH]c3c(F)ccc(c23)SC1C(=O)O. The molecular formula is C12H10FNO2S. The molecule has 1 aliphatic heterocycles. The van der Waals surface area contributed by atoms with Crippen LogP contribution in [0.1, 0.15) is 18.4 Å². The van der Waals surface area contributed by atoms with Crippen molar-refractivity contribution in [3.05, 3.63) is 29.7 Å². The number of thioether (sulfide) groups is 1. The van der Waals surface area contributed by atoms with E-state index in [9.17, 15) is 14.3 Å². The molecule has 2 aromatic rings. The van der Waals surface area contributed by atoms with Crippen molar-refractivity contribution >= 4 is 28.6 Å². The average Bonchev–Trinajstić information content (AvgIpc) is 2.72. The Kier molecular flexibility index (Phi) is 2.19. The summed E-state index contributed by atoms with van der Waals surface area (Å²) in [5.74, 6) is -1.25. The number of hydrogen-bond acceptors (Lipinski definition) is 2. The standard InChI is InChI=1S/C12H10FNO2S/c1-5-6-4-14-10-7(13)2-3-8(9(6)10)17-11(5)12(15)16/h2-5,11,14H,1H3,(H,15,16). The largest absolute Gasteiger partial charge is 0.480 e. The maximum absolute atomic E-state index is 13.6. The van der Waals surface area contributed by atoms with Crippen LogP contribution in [0.5, 0.6) is 0 Å². The van der Waals surface area contributed by atoms with E-state index in [1.165, 1.54) is 17.8 Å². The summed E-state index contributed by atoms with van der Waals surface area (Å²) in [6.45, 7) is 1.86. The first-order valence-corrected chi connectivity index (χ1v) is 6.16. The van der Waals surface area contributed by atoms with Crippen LogP contribution in [-0.4, -0.2) is 21.3 Å². The normalized spacial score (nSPS) is 22.9. The van der Waals surface area contributed by atoms with E-state index in [1.54, 1.807) is 12.3 Å². The van der Waals surface area contributed by atoms with E-state index in [1.807, 2.05) is 6.92 Å². The fourth-order valence-corrected chi connectivity index (χ4v) is 3.54. The third-order valence-corrected chi connectivity index (χ3v) is 4.68. The number of aromatic amines is 1. The van der Waals surface area contributed by atoms with Gasteiger partial charge in [-0.25, -0.2) is 4.39 Å². The molecule has 2 heterocycles. The van der Waals surface area contributed by atoms with Crippen LogP contribution in [0.4, 0.5) is 4.39 Å². The van der Waals surface area contributed by atoms with E-state index in [4.69, 9.17) is 0 Å². The molecule has 17 heavy (non-hydrogen) atoms. The minimum Gasteiger partial charge on any atom is -0.480 e. The van der Waals surface area contributed by atoms with Crippen molar-refractivity contribution in [2.24, 2.45) is 0 Å². The van der Waals surface area contributed by atoms with Crippen molar-refractivity contribution in [2.45, 2.75) is 23.0 Å². The first-order chi connectivity index (χ1) is 8.09. The number of carboxylic acid groups (broad SMARTS) is 1. The lowest BCUT2D eigenvalue weighted by atomic mass is 9.96. The molecule has 0 bridgehead atoms. The molecule has 1 aliphatic rings. The summed E-state index contributed by atoms with van der Waals surface area (Å²) < 4.78 is 13.6. The maximum atomic E-state index is 13.6. The molecule has 0 amide bonds. The van der Waals surface area contributed by atoms with Crippen molar-refractivity contribution < 1.29 is 14.3 Å². The maximum Gasteiger partial charge on any atom is 0.317 e. The molecule has 3 rings (SSSR count). The number of nitrogens with one attached hydrogen (secondary N) is 1. The molecule has 5 heteroatoms. The van der Waals surface area contributed by atoms with Crippen LogP contribution in [0, 0.1) is 5.82 Å². The minimum absolute atomic E-state index is 0.124. The van der Waals surface area contributed by atoms with Crippen LogP contribution < -0.4 is 0 Å². The third kappa shape index (κ3) is 1.38. The van der Waals surface area contributed by atoms with Gasteiger partial charge >= 0.3 is 5.97 Å². The molecule has 1 aromatic heterocycles. The first-order valence-electron chi connectivity index (χ1n) is 5.28. The van der Waals surface area contributed by atoms with Crippen LogP contribution in [0.15, 0.2) is 23.2 Å². The van der Waals surface area contributed by atoms with E-state index in [-0.39, 0.29) is 11.7 Å². The zero-order valence-electron chi connectivity index (χ0n) is 9.03. The van der Waals surface area contributed by atoms with E-state index < -0.39 is 11.2 Å². The van der Waals surface area contributed by atoms with E-state index >= 15 is 0 Å². The predicted octanol–water partition coefficient (Wildman–Crippen LogP) is 2.97. The minimum atomic E-state index is -0.827. The monoisotopic (exact) mass is 251 g/mol. The summed E-state index contributed by atoms with van der Waals surface area (Å²) in [7, 11) is 0. The Morgan fingerprint density at radius 1 is 1.53 bits per heavy atom. The zero-order valence-corrected chi connectivity index (χ0v) is 9.84. The van der Waals surface area contributed by atoms with Crippen molar-refractivity contribution in [3.8, 4) is 0 Å². The number of benzene rings is 1. The number of rotatable bonds is 1. The molecule has 2 N–H and O–H groups in total. The fraction of sp³-hybridized carbons (Fsp3) is 0.250. The molecule has 0 radical (unpaired) electrons. The van der Waals surface area contributed by atoms with Gasteiger partial charge < -0.3 is 10.1 Å².